The van der Waals surface area contributed by atoms with Crippen molar-refractivity contribution in [1.29, 1.82) is 0 Å². The van der Waals surface area contributed by atoms with Gasteiger partial charge in [0.15, 0.2) is 5.65 Å². The van der Waals surface area contributed by atoms with Crippen molar-refractivity contribution in [3.8, 4) is 11.4 Å². The smallest absolute Gasteiger partial charge is 0.330 e. The van der Waals surface area contributed by atoms with E-state index in [1.165, 1.54) is 6.92 Å². The summed E-state index contributed by atoms with van der Waals surface area (Å²) in [7, 11) is 0. The zero-order chi connectivity index (χ0) is 20.8. The van der Waals surface area contributed by atoms with Gasteiger partial charge in [-0.1, -0.05) is 0 Å². The molecule has 0 saturated carbocycles. The molecule has 0 fully saturated rings. The number of fused-ring (bicyclic) bond motifs is 1. The Morgan fingerprint density at radius 2 is 1.76 bits per heavy atom. The Bertz CT molecular complexity index is 1190. The fourth-order valence-corrected chi connectivity index (χ4v) is 3.27. The molecule has 150 valence electrons. The number of alkyl halides is 3. The lowest BCUT2D eigenvalue weighted by Gasteiger charge is -2.10. The Morgan fingerprint density at radius 3 is 2.52 bits per heavy atom. The van der Waals surface area contributed by atoms with Gasteiger partial charge in [-0.05, 0) is 32.9 Å². The molecule has 10 heteroatoms. The van der Waals surface area contributed by atoms with Crippen LogP contribution in [0, 0.1) is 20.8 Å². The van der Waals surface area contributed by atoms with E-state index in [9.17, 15) is 13.2 Å². The number of hydrogen-bond donors (Lipinski definition) is 0. The van der Waals surface area contributed by atoms with E-state index in [0.29, 0.717) is 18.0 Å². The topological polar surface area (TPSA) is 73.8 Å². The summed E-state index contributed by atoms with van der Waals surface area (Å²) in [5.41, 5.74) is 2.60. The number of aryl methyl sites for hydroxylation is 5. The molecule has 0 spiro atoms. The van der Waals surface area contributed by atoms with Crippen LogP contribution in [0.3, 0.4) is 0 Å². The summed E-state index contributed by atoms with van der Waals surface area (Å²) in [6, 6.07) is 2.88. The number of halogens is 3. The number of nitrogens with zero attached hydrogens (tertiary/aromatic N) is 7. The summed E-state index contributed by atoms with van der Waals surface area (Å²) in [6.07, 6.45) is 0.833. The first-order valence-corrected chi connectivity index (χ1v) is 8.97. The van der Waals surface area contributed by atoms with Crippen molar-refractivity contribution in [3.63, 3.8) is 0 Å². The molecular weight excluding hydrogens is 383 g/mol. The van der Waals surface area contributed by atoms with Crippen molar-refractivity contribution >= 4 is 5.65 Å². The third-order valence-electron chi connectivity index (χ3n) is 4.50. The lowest BCUT2D eigenvalue weighted by molar-refractivity contribution is -0.141. The molecule has 7 nitrogen and oxygen atoms in total. The molecule has 4 rings (SSSR count). The Hall–Kier alpha value is -3.30. The molecule has 29 heavy (non-hydrogen) atoms. The van der Waals surface area contributed by atoms with E-state index in [1.54, 1.807) is 23.1 Å². The van der Waals surface area contributed by atoms with Crippen LogP contribution in [0.1, 0.15) is 28.6 Å². The van der Waals surface area contributed by atoms with E-state index >= 15 is 0 Å². The SMILES string of the molecule is Cc1cc(C(F)(F)F)nc(CCn2ccnc2-c2cnn3c(C)cc(C)nc23)n1. The van der Waals surface area contributed by atoms with Gasteiger partial charge in [0, 0.05) is 42.4 Å². The second kappa shape index (κ2) is 6.94. The number of aromatic nitrogens is 7. The third kappa shape index (κ3) is 3.69. The minimum absolute atomic E-state index is 0.140. The van der Waals surface area contributed by atoms with Crippen molar-refractivity contribution in [1.82, 2.24) is 34.1 Å². The molecule has 4 aromatic rings. The maximum atomic E-state index is 13.0. The molecule has 4 aromatic heterocycles. The summed E-state index contributed by atoms with van der Waals surface area (Å²) in [5.74, 6) is 0.780. The highest BCUT2D eigenvalue weighted by Gasteiger charge is 2.33. The number of rotatable bonds is 4. The van der Waals surface area contributed by atoms with Gasteiger partial charge in [0.2, 0.25) is 0 Å². The van der Waals surface area contributed by atoms with E-state index in [2.05, 4.69) is 25.0 Å². The van der Waals surface area contributed by atoms with Crippen molar-refractivity contribution < 1.29 is 13.2 Å². The molecule has 0 atom stereocenters. The van der Waals surface area contributed by atoms with Gasteiger partial charge in [-0.2, -0.15) is 18.3 Å². The lowest BCUT2D eigenvalue weighted by Crippen LogP contribution is -2.13. The second-order valence-corrected chi connectivity index (χ2v) is 6.84. The van der Waals surface area contributed by atoms with E-state index < -0.39 is 11.9 Å². The number of hydrogen-bond acceptors (Lipinski definition) is 5. The standard InChI is InChI=1S/C19H18F3N7/c1-11-8-13(3)29-18(26-11)14(10-24-29)17-23-5-7-28(17)6-4-16-25-12(2)9-15(27-16)19(20,21)22/h5,7-10H,4,6H2,1-3H3. The van der Waals surface area contributed by atoms with Gasteiger partial charge in [-0.3, -0.25) is 0 Å². The Labute approximate surface area is 164 Å². The molecule has 0 radical (unpaired) electrons. The predicted octanol–water partition coefficient (Wildman–Crippen LogP) is 3.57. The summed E-state index contributed by atoms with van der Waals surface area (Å²) in [4.78, 5) is 16.8. The van der Waals surface area contributed by atoms with Crippen molar-refractivity contribution in [2.45, 2.75) is 39.9 Å². The fourth-order valence-electron chi connectivity index (χ4n) is 3.27. The molecule has 4 heterocycles. The summed E-state index contributed by atoms with van der Waals surface area (Å²) < 4.78 is 42.6. The molecule has 0 aromatic carbocycles. The van der Waals surface area contributed by atoms with Crippen LogP contribution in [0.4, 0.5) is 13.2 Å². The van der Waals surface area contributed by atoms with Crippen LogP contribution >= 0.6 is 0 Å². The van der Waals surface area contributed by atoms with Gasteiger partial charge in [0.05, 0.1) is 11.8 Å². The average Bonchev–Trinajstić information content (AvgIpc) is 3.25. The molecular formula is C19H18F3N7. The molecule has 0 aliphatic rings. The van der Waals surface area contributed by atoms with Crippen LogP contribution in [0.15, 0.2) is 30.7 Å². The van der Waals surface area contributed by atoms with Crippen molar-refractivity contribution in [2.24, 2.45) is 0 Å². The highest BCUT2D eigenvalue weighted by atomic mass is 19.4. The van der Waals surface area contributed by atoms with Crippen LogP contribution in [0.5, 0.6) is 0 Å². The lowest BCUT2D eigenvalue weighted by atomic mass is 10.2. The maximum absolute atomic E-state index is 13.0. The highest BCUT2D eigenvalue weighted by Crippen LogP contribution is 2.28. The Kier molecular flexibility index (Phi) is 4.56. The van der Waals surface area contributed by atoms with Gasteiger partial charge in [-0.15, -0.1) is 0 Å². The Morgan fingerprint density at radius 1 is 1.00 bits per heavy atom. The quantitative estimate of drug-likeness (QED) is 0.523. The minimum Gasteiger partial charge on any atom is -0.330 e. The first kappa shape index (κ1) is 19.0. The van der Waals surface area contributed by atoms with Crippen LogP contribution in [0.2, 0.25) is 0 Å². The first-order valence-electron chi connectivity index (χ1n) is 8.97. The first-order chi connectivity index (χ1) is 13.7. The number of imidazole rings is 1. The zero-order valence-electron chi connectivity index (χ0n) is 16.1. The van der Waals surface area contributed by atoms with Crippen LogP contribution in [0.25, 0.3) is 17.0 Å². The summed E-state index contributed by atoms with van der Waals surface area (Å²) in [5, 5.41) is 4.38. The van der Waals surface area contributed by atoms with Crippen molar-refractivity contribution in [2.75, 3.05) is 0 Å². The maximum Gasteiger partial charge on any atom is 0.433 e. The predicted molar refractivity (Wildman–Crippen MR) is 99.2 cm³/mol. The van der Waals surface area contributed by atoms with E-state index in [4.69, 9.17) is 0 Å². The Balaban J connectivity index is 1.64. The average molecular weight is 401 g/mol. The van der Waals surface area contributed by atoms with Crippen LogP contribution < -0.4 is 0 Å². The van der Waals surface area contributed by atoms with Gasteiger partial charge >= 0.3 is 6.18 Å². The van der Waals surface area contributed by atoms with Crippen LogP contribution in [-0.2, 0) is 19.1 Å². The molecule has 0 N–H and O–H groups in total. The molecule has 0 bridgehead atoms. The molecule has 0 amide bonds. The van der Waals surface area contributed by atoms with Gasteiger partial charge in [0.1, 0.15) is 17.3 Å². The van der Waals surface area contributed by atoms with E-state index in [-0.39, 0.29) is 17.9 Å². The third-order valence-corrected chi connectivity index (χ3v) is 4.50. The van der Waals surface area contributed by atoms with Gasteiger partial charge in [0.25, 0.3) is 0 Å². The van der Waals surface area contributed by atoms with Crippen molar-refractivity contribution in [3.05, 3.63) is 59.3 Å². The largest absolute Gasteiger partial charge is 0.433 e. The summed E-state index contributed by atoms with van der Waals surface area (Å²) >= 11 is 0. The fraction of sp³-hybridized carbons (Fsp3) is 0.316. The zero-order valence-corrected chi connectivity index (χ0v) is 16.1. The van der Waals surface area contributed by atoms with Gasteiger partial charge in [-0.25, -0.2) is 24.5 Å². The monoisotopic (exact) mass is 401 g/mol. The molecule has 0 aliphatic carbocycles. The molecule has 0 saturated heterocycles. The van der Waals surface area contributed by atoms with Gasteiger partial charge < -0.3 is 4.57 Å². The highest BCUT2D eigenvalue weighted by molar-refractivity contribution is 5.72. The molecule has 0 aliphatic heterocycles. The molecule has 0 unspecified atom stereocenters. The second-order valence-electron chi connectivity index (χ2n) is 6.84. The normalized spacial score (nSPS) is 12.1. The summed E-state index contributed by atoms with van der Waals surface area (Å²) in [6.45, 7) is 5.75. The van der Waals surface area contributed by atoms with Crippen LogP contribution in [-0.4, -0.2) is 34.1 Å². The minimum atomic E-state index is -4.50. The van der Waals surface area contributed by atoms with E-state index in [0.717, 1.165) is 23.0 Å². The van der Waals surface area contributed by atoms with E-state index in [1.807, 2.05) is 24.5 Å².